The van der Waals surface area contributed by atoms with Crippen molar-refractivity contribution in [1.29, 1.82) is 0 Å². The average molecular weight is 146 g/mol. The Morgan fingerprint density at radius 1 is 1.45 bits per heavy atom. The topological polar surface area (TPSA) is 9.23 Å². The van der Waals surface area contributed by atoms with Crippen LogP contribution in [0.4, 0.5) is 0 Å². The number of hydrogen-bond acceptors (Lipinski definition) is 1. The number of rotatable bonds is 1. The first-order valence-electron chi connectivity index (χ1n) is 3.77. The lowest BCUT2D eigenvalue weighted by Crippen LogP contribution is -2.07. The Kier molecular flexibility index (Phi) is 1.42. The van der Waals surface area contributed by atoms with Gasteiger partial charge in [0.15, 0.2) is 0 Å². The van der Waals surface area contributed by atoms with Gasteiger partial charge in [-0.05, 0) is 11.6 Å². The van der Waals surface area contributed by atoms with Gasteiger partial charge in [0.25, 0.3) is 0 Å². The van der Waals surface area contributed by atoms with Crippen molar-refractivity contribution >= 4 is 0 Å². The highest BCUT2D eigenvalue weighted by molar-refractivity contribution is 5.38. The molecule has 0 spiro atoms. The predicted molar refractivity (Wildman–Crippen MR) is 44.8 cm³/mol. The summed E-state index contributed by atoms with van der Waals surface area (Å²) in [5, 5.41) is 0. The van der Waals surface area contributed by atoms with Crippen molar-refractivity contribution < 1.29 is 4.74 Å². The van der Waals surface area contributed by atoms with Gasteiger partial charge < -0.3 is 4.74 Å². The maximum Gasteiger partial charge on any atom is 0.123 e. The Morgan fingerprint density at radius 2 is 2.27 bits per heavy atom. The Morgan fingerprint density at radius 3 is 3.00 bits per heavy atom. The first-order valence-corrected chi connectivity index (χ1v) is 3.77. The van der Waals surface area contributed by atoms with Crippen LogP contribution in [-0.2, 0) is 6.42 Å². The lowest BCUT2D eigenvalue weighted by atomic mass is 10.1. The zero-order valence-corrected chi connectivity index (χ0v) is 6.29. The van der Waals surface area contributed by atoms with Gasteiger partial charge in [-0.1, -0.05) is 30.9 Å². The van der Waals surface area contributed by atoms with Crippen molar-refractivity contribution in [3.05, 3.63) is 42.5 Å². The number of para-hydroxylation sites is 1. The first-order chi connectivity index (χ1) is 5.40. The Bertz CT molecular complexity index is 253. The maximum absolute atomic E-state index is 5.54. The summed E-state index contributed by atoms with van der Waals surface area (Å²) in [6.45, 7) is 3.70. The summed E-state index contributed by atoms with van der Waals surface area (Å²) in [6.07, 6.45) is 3.01. The second kappa shape index (κ2) is 2.42. The number of hydrogen-bond donors (Lipinski definition) is 0. The van der Waals surface area contributed by atoms with Gasteiger partial charge in [-0.25, -0.2) is 0 Å². The van der Waals surface area contributed by atoms with Crippen LogP contribution < -0.4 is 4.74 Å². The van der Waals surface area contributed by atoms with E-state index in [1.807, 2.05) is 24.3 Å². The molecule has 2 rings (SSSR count). The van der Waals surface area contributed by atoms with Crippen LogP contribution in [0.25, 0.3) is 0 Å². The van der Waals surface area contributed by atoms with Gasteiger partial charge in [-0.15, -0.1) is 0 Å². The van der Waals surface area contributed by atoms with E-state index >= 15 is 0 Å². The second-order valence-corrected chi connectivity index (χ2v) is 2.70. The van der Waals surface area contributed by atoms with E-state index in [1.54, 1.807) is 0 Å². The zero-order chi connectivity index (χ0) is 7.68. The van der Waals surface area contributed by atoms with Gasteiger partial charge in [-0.3, -0.25) is 0 Å². The fourth-order valence-electron chi connectivity index (χ4n) is 1.34. The fraction of sp³-hybridized carbons (Fsp3) is 0.200. The van der Waals surface area contributed by atoms with E-state index in [0.29, 0.717) is 0 Å². The minimum atomic E-state index is 0.187. The fourth-order valence-corrected chi connectivity index (χ4v) is 1.34. The van der Waals surface area contributed by atoms with Crippen molar-refractivity contribution in [3.63, 3.8) is 0 Å². The molecule has 11 heavy (non-hydrogen) atoms. The van der Waals surface area contributed by atoms with E-state index in [1.165, 1.54) is 5.56 Å². The van der Waals surface area contributed by atoms with Gasteiger partial charge in [0.1, 0.15) is 11.9 Å². The summed E-state index contributed by atoms with van der Waals surface area (Å²) in [5.74, 6) is 1.01. The molecule has 1 atom stereocenters. The predicted octanol–water partition coefficient (Wildman–Crippen LogP) is 2.18. The molecule has 0 N–H and O–H groups in total. The van der Waals surface area contributed by atoms with Crippen LogP contribution >= 0.6 is 0 Å². The van der Waals surface area contributed by atoms with Gasteiger partial charge in [-0.2, -0.15) is 0 Å². The van der Waals surface area contributed by atoms with Gasteiger partial charge in [0, 0.05) is 6.42 Å². The molecule has 1 aromatic rings. The summed E-state index contributed by atoms with van der Waals surface area (Å²) in [6, 6.07) is 8.12. The normalized spacial score (nSPS) is 20.5. The quantitative estimate of drug-likeness (QED) is 0.552. The van der Waals surface area contributed by atoms with Crippen LogP contribution in [0.5, 0.6) is 5.75 Å². The summed E-state index contributed by atoms with van der Waals surface area (Å²) in [7, 11) is 0. The van der Waals surface area contributed by atoms with Gasteiger partial charge >= 0.3 is 0 Å². The van der Waals surface area contributed by atoms with Crippen molar-refractivity contribution in [2.75, 3.05) is 0 Å². The molecule has 1 heteroatoms. The van der Waals surface area contributed by atoms with Crippen LogP contribution in [0.1, 0.15) is 5.56 Å². The highest BCUT2D eigenvalue weighted by Crippen LogP contribution is 2.28. The Hall–Kier alpha value is -1.24. The molecular formula is C10H10O. The van der Waals surface area contributed by atoms with E-state index in [9.17, 15) is 0 Å². The first kappa shape index (κ1) is 6.47. The minimum Gasteiger partial charge on any atom is -0.486 e. The zero-order valence-electron chi connectivity index (χ0n) is 6.29. The Balaban J connectivity index is 2.33. The van der Waals surface area contributed by atoms with E-state index in [-0.39, 0.29) is 6.10 Å². The van der Waals surface area contributed by atoms with E-state index < -0.39 is 0 Å². The van der Waals surface area contributed by atoms with Gasteiger partial charge in [0.2, 0.25) is 0 Å². The monoisotopic (exact) mass is 146 g/mol. The van der Waals surface area contributed by atoms with E-state index in [2.05, 4.69) is 12.6 Å². The lowest BCUT2D eigenvalue weighted by Gasteiger charge is -2.02. The average Bonchev–Trinajstić information content (AvgIpc) is 2.46. The number of benzene rings is 1. The molecule has 0 amide bonds. The molecule has 1 nitrogen and oxygen atoms in total. The molecule has 1 aliphatic rings. The van der Waals surface area contributed by atoms with Crippen molar-refractivity contribution in [3.8, 4) is 5.75 Å². The summed E-state index contributed by atoms with van der Waals surface area (Å²) in [5.41, 5.74) is 1.29. The third-order valence-electron chi connectivity index (χ3n) is 1.93. The summed E-state index contributed by atoms with van der Waals surface area (Å²) in [4.78, 5) is 0. The number of ether oxygens (including phenoxy) is 1. The molecule has 0 aliphatic carbocycles. The van der Waals surface area contributed by atoms with E-state index in [4.69, 9.17) is 4.74 Å². The molecule has 0 radical (unpaired) electrons. The molecule has 56 valence electrons. The summed E-state index contributed by atoms with van der Waals surface area (Å²) < 4.78 is 5.54. The van der Waals surface area contributed by atoms with E-state index in [0.717, 1.165) is 12.2 Å². The van der Waals surface area contributed by atoms with Crippen LogP contribution in [0.3, 0.4) is 0 Å². The minimum absolute atomic E-state index is 0.187. The molecule has 1 aromatic carbocycles. The highest BCUT2D eigenvalue weighted by atomic mass is 16.5. The molecule has 0 saturated heterocycles. The number of fused-ring (bicyclic) bond motifs is 1. The molecule has 0 saturated carbocycles. The molecule has 0 bridgehead atoms. The standard InChI is InChI=1S/C10H10O/c1-2-9-7-8-5-3-4-6-10(8)11-9/h2-6,9H,1,7H2. The second-order valence-electron chi connectivity index (χ2n) is 2.70. The SMILES string of the molecule is C=CC1Cc2ccccc2O1. The van der Waals surface area contributed by atoms with Crippen LogP contribution in [-0.4, -0.2) is 6.10 Å². The lowest BCUT2D eigenvalue weighted by molar-refractivity contribution is 0.284. The molecule has 0 aromatic heterocycles. The third kappa shape index (κ3) is 1.03. The smallest absolute Gasteiger partial charge is 0.123 e. The third-order valence-corrected chi connectivity index (χ3v) is 1.93. The highest BCUT2D eigenvalue weighted by Gasteiger charge is 2.18. The Labute approximate surface area is 66.3 Å². The molecule has 1 unspecified atom stereocenters. The summed E-state index contributed by atoms with van der Waals surface area (Å²) >= 11 is 0. The maximum atomic E-state index is 5.54. The molecule has 0 fully saturated rings. The molecule has 1 aliphatic heterocycles. The van der Waals surface area contributed by atoms with Gasteiger partial charge in [0.05, 0.1) is 0 Å². The van der Waals surface area contributed by atoms with Crippen LogP contribution in [0.2, 0.25) is 0 Å². The van der Waals surface area contributed by atoms with Crippen molar-refractivity contribution in [2.45, 2.75) is 12.5 Å². The van der Waals surface area contributed by atoms with Crippen molar-refractivity contribution in [2.24, 2.45) is 0 Å². The van der Waals surface area contributed by atoms with Crippen LogP contribution in [0.15, 0.2) is 36.9 Å². The molecule has 1 heterocycles. The largest absolute Gasteiger partial charge is 0.486 e. The van der Waals surface area contributed by atoms with Crippen LogP contribution in [0, 0.1) is 0 Å². The van der Waals surface area contributed by atoms with Crippen molar-refractivity contribution in [1.82, 2.24) is 0 Å². The molecular weight excluding hydrogens is 136 g/mol.